The number of hydrogen-bond acceptors (Lipinski definition) is 2. The quantitative estimate of drug-likeness (QED) is 0.847. The van der Waals surface area contributed by atoms with Crippen LogP contribution in [0, 0.1) is 13.8 Å². The molecule has 1 amide bonds. The SMILES string of the molecule is Cc1cccc(NC(=O)c2ccc(C)cc2O)c1. The molecule has 0 saturated carbocycles. The first kappa shape index (κ1) is 12.2. The van der Waals surface area contributed by atoms with E-state index in [0.717, 1.165) is 16.8 Å². The first-order valence-corrected chi connectivity index (χ1v) is 5.74. The van der Waals surface area contributed by atoms with E-state index in [9.17, 15) is 9.90 Å². The maximum absolute atomic E-state index is 12.0. The van der Waals surface area contributed by atoms with E-state index < -0.39 is 0 Å². The first-order chi connectivity index (χ1) is 8.56. The van der Waals surface area contributed by atoms with Gasteiger partial charge in [0.25, 0.3) is 5.91 Å². The molecular formula is C15H15NO2. The molecule has 3 heteroatoms. The van der Waals surface area contributed by atoms with Crippen molar-refractivity contribution in [2.45, 2.75) is 13.8 Å². The van der Waals surface area contributed by atoms with Gasteiger partial charge < -0.3 is 10.4 Å². The number of amides is 1. The molecule has 2 aromatic rings. The van der Waals surface area contributed by atoms with Crippen molar-refractivity contribution < 1.29 is 9.90 Å². The third kappa shape index (κ3) is 2.69. The summed E-state index contributed by atoms with van der Waals surface area (Å²) in [4.78, 5) is 12.0. The Morgan fingerprint density at radius 1 is 1.06 bits per heavy atom. The molecule has 0 fully saturated rings. The molecule has 0 saturated heterocycles. The summed E-state index contributed by atoms with van der Waals surface area (Å²) >= 11 is 0. The fourth-order valence-electron chi connectivity index (χ4n) is 1.75. The molecule has 2 aromatic carbocycles. The number of aromatic hydroxyl groups is 1. The van der Waals surface area contributed by atoms with Gasteiger partial charge in [-0.2, -0.15) is 0 Å². The van der Waals surface area contributed by atoms with Gasteiger partial charge in [-0.05, 0) is 49.2 Å². The van der Waals surface area contributed by atoms with Crippen LogP contribution < -0.4 is 5.32 Å². The maximum atomic E-state index is 12.0. The minimum Gasteiger partial charge on any atom is -0.507 e. The Morgan fingerprint density at radius 2 is 1.78 bits per heavy atom. The minimum atomic E-state index is -0.307. The molecule has 2 N–H and O–H groups in total. The molecule has 0 unspecified atom stereocenters. The maximum Gasteiger partial charge on any atom is 0.259 e. The fourth-order valence-corrected chi connectivity index (χ4v) is 1.75. The lowest BCUT2D eigenvalue weighted by atomic mass is 10.1. The molecule has 0 spiro atoms. The summed E-state index contributed by atoms with van der Waals surface area (Å²) < 4.78 is 0. The number of carbonyl (C=O) groups is 1. The summed E-state index contributed by atoms with van der Waals surface area (Å²) in [5.74, 6) is -0.307. The zero-order valence-corrected chi connectivity index (χ0v) is 10.4. The lowest BCUT2D eigenvalue weighted by Crippen LogP contribution is -2.12. The molecule has 0 aliphatic heterocycles. The van der Waals surface area contributed by atoms with Gasteiger partial charge in [-0.15, -0.1) is 0 Å². The topological polar surface area (TPSA) is 49.3 Å². The van der Waals surface area contributed by atoms with E-state index in [1.807, 2.05) is 38.1 Å². The molecule has 18 heavy (non-hydrogen) atoms. The first-order valence-electron chi connectivity index (χ1n) is 5.74. The highest BCUT2D eigenvalue weighted by Crippen LogP contribution is 2.20. The van der Waals surface area contributed by atoms with E-state index in [1.54, 1.807) is 18.2 Å². The van der Waals surface area contributed by atoms with Gasteiger partial charge in [-0.25, -0.2) is 0 Å². The summed E-state index contributed by atoms with van der Waals surface area (Å²) in [6.45, 7) is 3.82. The lowest BCUT2D eigenvalue weighted by molar-refractivity contribution is 0.102. The van der Waals surface area contributed by atoms with Crippen molar-refractivity contribution in [2.75, 3.05) is 5.32 Å². The molecule has 0 bridgehead atoms. The molecule has 0 heterocycles. The molecule has 0 atom stereocenters. The van der Waals surface area contributed by atoms with Gasteiger partial charge >= 0.3 is 0 Å². The number of phenolic OH excluding ortho intramolecular Hbond substituents is 1. The second-order valence-electron chi connectivity index (χ2n) is 4.34. The Bertz CT molecular complexity index is 591. The van der Waals surface area contributed by atoms with Gasteiger partial charge in [0, 0.05) is 5.69 Å². The normalized spacial score (nSPS) is 10.1. The molecule has 2 rings (SSSR count). The Labute approximate surface area is 106 Å². The molecule has 0 radical (unpaired) electrons. The number of nitrogens with one attached hydrogen (secondary N) is 1. The second kappa shape index (κ2) is 4.92. The summed E-state index contributed by atoms with van der Waals surface area (Å²) in [5.41, 5.74) is 2.99. The number of carbonyl (C=O) groups excluding carboxylic acids is 1. The fraction of sp³-hybridized carbons (Fsp3) is 0.133. The summed E-state index contributed by atoms with van der Waals surface area (Å²) in [7, 11) is 0. The second-order valence-corrected chi connectivity index (χ2v) is 4.34. The molecule has 0 aliphatic carbocycles. The van der Waals surface area contributed by atoms with Crippen molar-refractivity contribution in [1.82, 2.24) is 0 Å². The zero-order valence-electron chi connectivity index (χ0n) is 10.4. The van der Waals surface area contributed by atoms with Gasteiger partial charge in [0.1, 0.15) is 5.75 Å². The predicted octanol–water partition coefficient (Wildman–Crippen LogP) is 3.26. The van der Waals surface area contributed by atoms with Crippen molar-refractivity contribution in [3.63, 3.8) is 0 Å². The highest BCUT2D eigenvalue weighted by Gasteiger charge is 2.11. The molecule has 92 valence electrons. The average Bonchev–Trinajstić information content (AvgIpc) is 2.28. The molecule has 0 aliphatic rings. The van der Waals surface area contributed by atoms with Crippen molar-refractivity contribution in [3.8, 4) is 5.75 Å². The summed E-state index contributed by atoms with van der Waals surface area (Å²) in [6.07, 6.45) is 0. The zero-order chi connectivity index (χ0) is 13.1. The summed E-state index contributed by atoms with van der Waals surface area (Å²) in [5, 5.41) is 12.5. The van der Waals surface area contributed by atoms with Crippen LogP contribution >= 0.6 is 0 Å². The van der Waals surface area contributed by atoms with Gasteiger partial charge in [0.05, 0.1) is 5.56 Å². The van der Waals surface area contributed by atoms with Crippen LogP contribution in [0.1, 0.15) is 21.5 Å². The largest absolute Gasteiger partial charge is 0.507 e. The molecule has 3 nitrogen and oxygen atoms in total. The highest BCUT2D eigenvalue weighted by molar-refractivity contribution is 6.06. The number of phenols is 1. The Balaban J connectivity index is 2.22. The minimum absolute atomic E-state index is 0.000142. The number of hydrogen-bond donors (Lipinski definition) is 2. The smallest absolute Gasteiger partial charge is 0.259 e. The number of aryl methyl sites for hydroxylation is 2. The van der Waals surface area contributed by atoms with Gasteiger partial charge in [-0.1, -0.05) is 18.2 Å². The lowest BCUT2D eigenvalue weighted by Gasteiger charge is -2.08. The van der Waals surface area contributed by atoms with Crippen LogP contribution in [0.15, 0.2) is 42.5 Å². The van der Waals surface area contributed by atoms with E-state index in [0.29, 0.717) is 0 Å². The van der Waals surface area contributed by atoms with E-state index >= 15 is 0 Å². The van der Waals surface area contributed by atoms with Crippen LogP contribution in [0.3, 0.4) is 0 Å². The van der Waals surface area contributed by atoms with E-state index in [4.69, 9.17) is 0 Å². The number of benzene rings is 2. The number of anilines is 1. The van der Waals surface area contributed by atoms with Gasteiger partial charge in [0.2, 0.25) is 0 Å². The van der Waals surface area contributed by atoms with Crippen molar-refractivity contribution in [2.24, 2.45) is 0 Å². The van der Waals surface area contributed by atoms with Crippen LogP contribution in [0.25, 0.3) is 0 Å². The molecule has 0 aromatic heterocycles. The molecular weight excluding hydrogens is 226 g/mol. The van der Waals surface area contributed by atoms with Crippen LogP contribution in [-0.4, -0.2) is 11.0 Å². The monoisotopic (exact) mass is 241 g/mol. The van der Waals surface area contributed by atoms with Crippen LogP contribution in [0.2, 0.25) is 0 Å². The average molecular weight is 241 g/mol. The van der Waals surface area contributed by atoms with Crippen molar-refractivity contribution >= 4 is 11.6 Å². The van der Waals surface area contributed by atoms with E-state index in [1.165, 1.54) is 0 Å². The van der Waals surface area contributed by atoms with Crippen LogP contribution in [-0.2, 0) is 0 Å². The summed E-state index contributed by atoms with van der Waals surface area (Å²) in [6, 6.07) is 12.5. The Kier molecular flexibility index (Phi) is 3.33. The van der Waals surface area contributed by atoms with Crippen LogP contribution in [0.4, 0.5) is 5.69 Å². The third-order valence-corrected chi connectivity index (χ3v) is 2.67. The number of rotatable bonds is 2. The van der Waals surface area contributed by atoms with E-state index in [-0.39, 0.29) is 17.2 Å². The van der Waals surface area contributed by atoms with Gasteiger partial charge in [0.15, 0.2) is 0 Å². The highest BCUT2D eigenvalue weighted by atomic mass is 16.3. The van der Waals surface area contributed by atoms with E-state index in [2.05, 4.69) is 5.32 Å². The van der Waals surface area contributed by atoms with Crippen molar-refractivity contribution in [3.05, 3.63) is 59.2 Å². The Hall–Kier alpha value is -2.29. The van der Waals surface area contributed by atoms with Gasteiger partial charge in [-0.3, -0.25) is 4.79 Å². The Morgan fingerprint density at radius 3 is 2.44 bits per heavy atom. The van der Waals surface area contributed by atoms with Crippen molar-refractivity contribution in [1.29, 1.82) is 0 Å². The standard InChI is InChI=1S/C15H15NO2/c1-10-4-3-5-12(8-10)16-15(18)13-7-6-11(2)9-14(13)17/h3-9,17H,1-2H3,(H,16,18). The predicted molar refractivity (Wildman–Crippen MR) is 72.0 cm³/mol. The van der Waals surface area contributed by atoms with Crippen LogP contribution in [0.5, 0.6) is 5.75 Å². The third-order valence-electron chi connectivity index (χ3n) is 2.67.